The molecular formula is C16H21F2N3O2. The largest absolute Gasteiger partial charge is 0.353 e. The molecule has 0 radical (unpaired) electrons. The van der Waals surface area contributed by atoms with E-state index in [1.807, 2.05) is 0 Å². The number of hydrogen-bond acceptors (Lipinski definition) is 3. The molecule has 1 aromatic carbocycles. The van der Waals surface area contributed by atoms with E-state index >= 15 is 0 Å². The summed E-state index contributed by atoms with van der Waals surface area (Å²) in [6.07, 6.45) is 1.58. The summed E-state index contributed by atoms with van der Waals surface area (Å²) in [6.45, 7) is 2.97. The quantitative estimate of drug-likeness (QED) is 0.766. The molecule has 1 heterocycles. The summed E-state index contributed by atoms with van der Waals surface area (Å²) in [7, 11) is 0. The first-order chi connectivity index (χ1) is 11.0. The Kier molecular flexibility index (Phi) is 6.04. The van der Waals surface area contributed by atoms with E-state index < -0.39 is 17.7 Å². The smallest absolute Gasteiger partial charge is 0.222 e. The van der Waals surface area contributed by atoms with Crippen molar-refractivity contribution in [3.8, 4) is 0 Å². The van der Waals surface area contributed by atoms with Crippen LogP contribution >= 0.6 is 0 Å². The molecule has 0 saturated carbocycles. The molecule has 23 heavy (non-hydrogen) atoms. The van der Waals surface area contributed by atoms with Gasteiger partial charge in [0.25, 0.3) is 0 Å². The molecule has 1 aromatic rings. The Labute approximate surface area is 133 Å². The number of halogens is 2. The molecule has 1 aliphatic rings. The molecule has 2 amide bonds. The summed E-state index contributed by atoms with van der Waals surface area (Å²) >= 11 is 0. The zero-order chi connectivity index (χ0) is 16.8. The molecule has 1 aliphatic heterocycles. The van der Waals surface area contributed by atoms with E-state index in [0.29, 0.717) is 0 Å². The zero-order valence-electron chi connectivity index (χ0n) is 13.0. The number of hydrogen-bond donors (Lipinski definition) is 3. The van der Waals surface area contributed by atoms with E-state index in [2.05, 4.69) is 16.0 Å². The second-order valence-electron chi connectivity index (χ2n) is 5.71. The van der Waals surface area contributed by atoms with Crippen LogP contribution in [0.2, 0.25) is 0 Å². The van der Waals surface area contributed by atoms with Crippen molar-refractivity contribution < 1.29 is 18.4 Å². The highest BCUT2D eigenvalue weighted by atomic mass is 19.1. The number of benzene rings is 1. The minimum absolute atomic E-state index is 0.0831. The molecule has 126 valence electrons. The topological polar surface area (TPSA) is 70.2 Å². The molecule has 3 N–H and O–H groups in total. The molecule has 0 bridgehead atoms. The highest BCUT2D eigenvalue weighted by Gasteiger charge is 2.23. The van der Waals surface area contributed by atoms with E-state index in [0.717, 1.165) is 38.1 Å². The van der Waals surface area contributed by atoms with Gasteiger partial charge in [0.15, 0.2) is 0 Å². The van der Waals surface area contributed by atoms with Crippen molar-refractivity contribution in [1.82, 2.24) is 16.0 Å². The number of piperidine rings is 1. The van der Waals surface area contributed by atoms with Gasteiger partial charge in [-0.3, -0.25) is 9.59 Å². The molecule has 1 atom stereocenters. The molecular weight excluding hydrogens is 304 g/mol. The van der Waals surface area contributed by atoms with Crippen LogP contribution < -0.4 is 16.0 Å². The highest BCUT2D eigenvalue weighted by molar-refractivity contribution is 5.79. The summed E-state index contributed by atoms with van der Waals surface area (Å²) < 4.78 is 27.0. The molecule has 2 rings (SSSR count). The second kappa shape index (κ2) is 8.01. The van der Waals surface area contributed by atoms with Gasteiger partial charge in [0.1, 0.15) is 11.6 Å². The maximum absolute atomic E-state index is 13.9. The number of nitrogens with one attached hydrogen (secondary N) is 3. The Bertz CT molecular complexity index is 574. The summed E-state index contributed by atoms with van der Waals surface area (Å²) in [5.74, 6) is -2.13. The molecule has 1 fully saturated rings. The Hall–Kier alpha value is -2.02. The fraction of sp³-hybridized carbons (Fsp3) is 0.500. The number of carbonyl (C=O) groups is 2. The van der Waals surface area contributed by atoms with Crippen molar-refractivity contribution in [3.05, 3.63) is 35.4 Å². The molecule has 0 spiro atoms. The van der Waals surface area contributed by atoms with Gasteiger partial charge in [0, 0.05) is 24.6 Å². The van der Waals surface area contributed by atoms with Gasteiger partial charge in [-0.15, -0.1) is 0 Å². The third-order valence-corrected chi connectivity index (χ3v) is 3.81. The van der Waals surface area contributed by atoms with Gasteiger partial charge in [-0.25, -0.2) is 8.78 Å². The standard InChI is InChI=1S/C16H21F2N3O2/c1-10(22)20-15(13-3-2-11(17)8-14(13)18)9-16(23)21-12-4-6-19-7-5-12/h2-3,8,12,15,19H,4-7,9H2,1H3,(H,20,22)(H,21,23). The van der Waals surface area contributed by atoms with E-state index in [1.165, 1.54) is 13.0 Å². The van der Waals surface area contributed by atoms with E-state index in [4.69, 9.17) is 0 Å². The second-order valence-corrected chi connectivity index (χ2v) is 5.71. The third-order valence-electron chi connectivity index (χ3n) is 3.81. The first-order valence-electron chi connectivity index (χ1n) is 7.68. The minimum Gasteiger partial charge on any atom is -0.353 e. The van der Waals surface area contributed by atoms with Crippen LogP contribution in [-0.4, -0.2) is 30.9 Å². The van der Waals surface area contributed by atoms with Crippen LogP contribution in [-0.2, 0) is 9.59 Å². The van der Waals surface area contributed by atoms with Gasteiger partial charge in [0.05, 0.1) is 12.5 Å². The number of rotatable bonds is 5. The SMILES string of the molecule is CC(=O)NC(CC(=O)NC1CCNCC1)c1ccc(F)cc1F. The van der Waals surface area contributed by atoms with Gasteiger partial charge in [0.2, 0.25) is 11.8 Å². The molecule has 7 heteroatoms. The molecule has 0 aromatic heterocycles. The molecule has 1 saturated heterocycles. The van der Waals surface area contributed by atoms with Crippen molar-refractivity contribution in [3.63, 3.8) is 0 Å². The van der Waals surface area contributed by atoms with E-state index in [9.17, 15) is 18.4 Å². The summed E-state index contributed by atoms with van der Waals surface area (Å²) in [5, 5.41) is 8.65. The Morgan fingerprint density at radius 2 is 2.00 bits per heavy atom. The van der Waals surface area contributed by atoms with E-state index in [-0.39, 0.29) is 29.8 Å². The van der Waals surface area contributed by atoms with Gasteiger partial charge < -0.3 is 16.0 Å². The molecule has 0 aliphatic carbocycles. The Morgan fingerprint density at radius 3 is 2.61 bits per heavy atom. The van der Waals surface area contributed by atoms with Crippen molar-refractivity contribution in [2.24, 2.45) is 0 Å². The fourth-order valence-corrected chi connectivity index (χ4v) is 2.71. The van der Waals surface area contributed by atoms with E-state index in [1.54, 1.807) is 0 Å². The average Bonchev–Trinajstić information content (AvgIpc) is 2.47. The maximum atomic E-state index is 13.9. The lowest BCUT2D eigenvalue weighted by Gasteiger charge is -2.25. The molecule has 5 nitrogen and oxygen atoms in total. The van der Waals surface area contributed by atoms with Crippen molar-refractivity contribution in [1.29, 1.82) is 0 Å². The normalized spacial score (nSPS) is 16.7. The minimum atomic E-state index is -0.824. The van der Waals surface area contributed by atoms with Crippen LogP contribution in [0.15, 0.2) is 18.2 Å². The first-order valence-corrected chi connectivity index (χ1v) is 7.68. The van der Waals surface area contributed by atoms with Crippen molar-refractivity contribution >= 4 is 11.8 Å². The van der Waals surface area contributed by atoms with Crippen LogP contribution in [0.1, 0.15) is 37.8 Å². The van der Waals surface area contributed by atoms with Crippen molar-refractivity contribution in [2.75, 3.05) is 13.1 Å². The lowest BCUT2D eigenvalue weighted by atomic mass is 10.0. The Morgan fingerprint density at radius 1 is 1.30 bits per heavy atom. The van der Waals surface area contributed by atoms with Crippen LogP contribution in [0, 0.1) is 11.6 Å². The van der Waals surface area contributed by atoms with Gasteiger partial charge in [-0.2, -0.15) is 0 Å². The highest BCUT2D eigenvalue weighted by Crippen LogP contribution is 2.21. The van der Waals surface area contributed by atoms with Crippen LogP contribution in [0.3, 0.4) is 0 Å². The predicted octanol–water partition coefficient (Wildman–Crippen LogP) is 1.40. The lowest BCUT2D eigenvalue weighted by molar-refractivity contribution is -0.123. The average molecular weight is 325 g/mol. The fourth-order valence-electron chi connectivity index (χ4n) is 2.71. The van der Waals surface area contributed by atoms with Crippen LogP contribution in [0.5, 0.6) is 0 Å². The van der Waals surface area contributed by atoms with Crippen LogP contribution in [0.4, 0.5) is 8.78 Å². The summed E-state index contributed by atoms with van der Waals surface area (Å²) in [4.78, 5) is 23.5. The number of carbonyl (C=O) groups excluding carboxylic acids is 2. The van der Waals surface area contributed by atoms with Gasteiger partial charge in [-0.1, -0.05) is 6.07 Å². The van der Waals surface area contributed by atoms with Crippen molar-refractivity contribution in [2.45, 2.75) is 38.3 Å². The lowest BCUT2D eigenvalue weighted by Crippen LogP contribution is -2.44. The monoisotopic (exact) mass is 325 g/mol. The zero-order valence-corrected chi connectivity index (χ0v) is 13.0. The van der Waals surface area contributed by atoms with Gasteiger partial charge >= 0.3 is 0 Å². The van der Waals surface area contributed by atoms with Gasteiger partial charge in [-0.05, 0) is 32.0 Å². The summed E-state index contributed by atoms with van der Waals surface area (Å²) in [5.41, 5.74) is 0.0991. The van der Waals surface area contributed by atoms with Crippen LogP contribution in [0.25, 0.3) is 0 Å². The number of amides is 2. The first kappa shape index (κ1) is 17.3. The Balaban J connectivity index is 2.05. The maximum Gasteiger partial charge on any atom is 0.222 e. The predicted molar refractivity (Wildman–Crippen MR) is 81.6 cm³/mol. The summed E-state index contributed by atoms with van der Waals surface area (Å²) in [6, 6.07) is 2.37. The molecule has 1 unspecified atom stereocenters. The third kappa shape index (κ3) is 5.28.